The van der Waals surface area contributed by atoms with E-state index in [4.69, 9.17) is 4.74 Å². The largest absolute Gasteiger partial charge is 0.369 e. The maximum atomic E-state index is 6.33. The molecule has 1 aromatic rings. The minimum Gasteiger partial charge on any atom is -0.369 e. The first-order valence-electron chi connectivity index (χ1n) is 6.76. The van der Waals surface area contributed by atoms with E-state index in [2.05, 4.69) is 62.8 Å². The number of rotatable bonds is 4. The number of hydrogen-bond acceptors (Lipinski definition) is 1. The molecule has 0 bridgehead atoms. The Balaban J connectivity index is 1.99. The van der Waals surface area contributed by atoms with Crippen molar-refractivity contribution in [3.05, 3.63) is 34.3 Å². The topological polar surface area (TPSA) is 9.23 Å². The fraction of sp³-hybridized carbons (Fsp3) is 0.600. The zero-order valence-corrected chi connectivity index (χ0v) is 14.3. The molecule has 0 radical (unpaired) electrons. The summed E-state index contributed by atoms with van der Waals surface area (Å²) in [6.07, 6.45) is 8.60. The molecule has 1 atom stereocenters. The Morgan fingerprint density at radius 1 is 1.22 bits per heavy atom. The lowest BCUT2D eigenvalue weighted by atomic mass is 10.1. The smallest absolute Gasteiger partial charge is 0.0918 e. The molecule has 0 amide bonds. The van der Waals surface area contributed by atoms with Crippen LogP contribution in [0, 0.1) is 0 Å². The molecule has 1 aromatic carbocycles. The monoisotopic (exact) mass is 422 g/mol. The van der Waals surface area contributed by atoms with Crippen LogP contribution >= 0.6 is 38.5 Å². The predicted molar refractivity (Wildman–Crippen MR) is 88.3 cm³/mol. The van der Waals surface area contributed by atoms with Crippen molar-refractivity contribution >= 4 is 38.5 Å². The molecule has 1 aliphatic rings. The van der Waals surface area contributed by atoms with Crippen molar-refractivity contribution in [2.75, 3.05) is 4.43 Å². The van der Waals surface area contributed by atoms with E-state index in [0.717, 1.165) is 8.90 Å². The Kier molecular flexibility index (Phi) is 6.45. The maximum Gasteiger partial charge on any atom is 0.0918 e. The minimum atomic E-state index is 0.242. The van der Waals surface area contributed by atoms with Crippen molar-refractivity contribution in [3.8, 4) is 0 Å². The Bertz CT molecular complexity index is 361. The molecule has 0 spiro atoms. The van der Waals surface area contributed by atoms with Crippen LogP contribution in [0.25, 0.3) is 0 Å². The first kappa shape index (κ1) is 14.8. The number of alkyl halides is 1. The summed E-state index contributed by atoms with van der Waals surface area (Å²) in [5.74, 6) is 0. The highest BCUT2D eigenvalue weighted by Crippen LogP contribution is 2.29. The summed E-state index contributed by atoms with van der Waals surface area (Å²) in [5.41, 5.74) is 1.29. The number of hydrogen-bond donors (Lipinski definition) is 0. The zero-order chi connectivity index (χ0) is 12.8. The predicted octanol–water partition coefficient (Wildman–Crippen LogP) is 5.66. The van der Waals surface area contributed by atoms with Gasteiger partial charge in [-0.25, -0.2) is 0 Å². The van der Waals surface area contributed by atoms with E-state index in [0.29, 0.717) is 6.10 Å². The lowest BCUT2D eigenvalue weighted by molar-refractivity contribution is -0.00707. The standard InChI is InChI=1S/C15H20BrIO/c16-13-7-5-6-12(10-13)15(11-17)18-14-8-3-1-2-4-9-14/h5-7,10,14-15H,1-4,8-9,11H2. The quantitative estimate of drug-likeness (QED) is 0.345. The van der Waals surface area contributed by atoms with Crippen LogP contribution in [-0.2, 0) is 4.74 Å². The Labute approximate surface area is 132 Å². The van der Waals surface area contributed by atoms with Gasteiger partial charge in [-0.15, -0.1) is 0 Å². The van der Waals surface area contributed by atoms with Gasteiger partial charge < -0.3 is 4.74 Å². The highest BCUT2D eigenvalue weighted by atomic mass is 127. The molecule has 2 rings (SSSR count). The fourth-order valence-electron chi connectivity index (χ4n) is 2.52. The third-order valence-corrected chi connectivity index (χ3v) is 4.81. The summed E-state index contributed by atoms with van der Waals surface area (Å²) in [6.45, 7) is 0. The molecule has 0 N–H and O–H groups in total. The molecule has 1 saturated carbocycles. The average Bonchev–Trinajstić information content (AvgIpc) is 2.64. The van der Waals surface area contributed by atoms with Gasteiger partial charge >= 0.3 is 0 Å². The summed E-state index contributed by atoms with van der Waals surface area (Å²) in [6, 6.07) is 8.51. The average molecular weight is 423 g/mol. The molecule has 1 unspecified atom stereocenters. The summed E-state index contributed by atoms with van der Waals surface area (Å²) in [5, 5.41) is 0. The van der Waals surface area contributed by atoms with E-state index in [-0.39, 0.29) is 6.10 Å². The van der Waals surface area contributed by atoms with Crippen LogP contribution in [0.4, 0.5) is 0 Å². The first-order chi connectivity index (χ1) is 8.79. The summed E-state index contributed by atoms with van der Waals surface area (Å²) in [4.78, 5) is 0. The molecule has 0 heterocycles. The fourth-order valence-corrected chi connectivity index (χ4v) is 3.65. The molecule has 1 aliphatic carbocycles. The van der Waals surface area contributed by atoms with Gasteiger partial charge in [0.1, 0.15) is 0 Å². The van der Waals surface area contributed by atoms with Crippen molar-refractivity contribution in [1.82, 2.24) is 0 Å². The van der Waals surface area contributed by atoms with E-state index in [1.807, 2.05) is 0 Å². The molecular weight excluding hydrogens is 403 g/mol. The minimum absolute atomic E-state index is 0.242. The highest BCUT2D eigenvalue weighted by molar-refractivity contribution is 14.1. The molecule has 1 fully saturated rings. The molecule has 0 saturated heterocycles. The van der Waals surface area contributed by atoms with Gasteiger partial charge in [0.05, 0.1) is 12.2 Å². The van der Waals surface area contributed by atoms with Gasteiger partial charge in [0.25, 0.3) is 0 Å². The van der Waals surface area contributed by atoms with Crippen LogP contribution in [-0.4, -0.2) is 10.5 Å². The third-order valence-electron chi connectivity index (χ3n) is 3.52. The van der Waals surface area contributed by atoms with Crippen molar-refractivity contribution in [3.63, 3.8) is 0 Å². The van der Waals surface area contributed by atoms with E-state index < -0.39 is 0 Å². The normalized spacial score (nSPS) is 19.4. The van der Waals surface area contributed by atoms with Gasteiger partial charge in [-0.2, -0.15) is 0 Å². The van der Waals surface area contributed by atoms with Crippen molar-refractivity contribution < 1.29 is 4.74 Å². The number of ether oxygens (including phenoxy) is 1. The second-order valence-electron chi connectivity index (χ2n) is 4.95. The van der Waals surface area contributed by atoms with Gasteiger partial charge in [0.2, 0.25) is 0 Å². The number of benzene rings is 1. The van der Waals surface area contributed by atoms with Crippen molar-refractivity contribution in [2.45, 2.75) is 50.7 Å². The number of halogens is 2. The molecule has 100 valence electrons. The van der Waals surface area contributed by atoms with Crippen molar-refractivity contribution in [2.24, 2.45) is 0 Å². The lowest BCUT2D eigenvalue weighted by Gasteiger charge is -2.23. The molecular formula is C15H20BrIO. The van der Waals surface area contributed by atoms with Gasteiger partial charge in [0.15, 0.2) is 0 Å². The van der Waals surface area contributed by atoms with E-state index in [1.54, 1.807) is 0 Å². The second-order valence-corrected chi connectivity index (χ2v) is 6.74. The highest BCUT2D eigenvalue weighted by Gasteiger charge is 2.19. The first-order valence-corrected chi connectivity index (χ1v) is 9.08. The van der Waals surface area contributed by atoms with Crippen LogP contribution in [0.5, 0.6) is 0 Å². The molecule has 1 nitrogen and oxygen atoms in total. The summed E-state index contributed by atoms with van der Waals surface area (Å²) in [7, 11) is 0. The lowest BCUT2D eigenvalue weighted by Crippen LogP contribution is -2.17. The van der Waals surface area contributed by atoms with E-state index >= 15 is 0 Å². The molecule has 18 heavy (non-hydrogen) atoms. The second kappa shape index (κ2) is 7.85. The summed E-state index contributed by atoms with van der Waals surface area (Å²) < 4.78 is 8.49. The SMILES string of the molecule is Brc1cccc(C(CI)OC2CCCCCC2)c1. The van der Waals surface area contributed by atoms with Crippen LogP contribution < -0.4 is 0 Å². The summed E-state index contributed by atoms with van der Waals surface area (Å²) >= 11 is 5.97. The Hall–Kier alpha value is 0.390. The van der Waals surface area contributed by atoms with Gasteiger partial charge in [-0.05, 0) is 30.5 Å². The van der Waals surface area contributed by atoms with Gasteiger partial charge in [0, 0.05) is 8.90 Å². The molecule has 3 heteroatoms. The van der Waals surface area contributed by atoms with Crippen LogP contribution in [0.1, 0.15) is 50.2 Å². The zero-order valence-electron chi connectivity index (χ0n) is 10.6. The van der Waals surface area contributed by atoms with Crippen molar-refractivity contribution in [1.29, 1.82) is 0 Å². The van der Waals surface area contributed by atoms with Crippen LogP contribution in [0.2, 0.25) is 0 Å². The van der Waals surface area contributed by atoms with Gasteiger partial charge in [-0.3, -0.25) is 0 Å². The van der Waals surface area contributed by atoms with E-state index in [1.165, 1.54) is 44.1 Å². The van der Waals surface area contributed by atoms with Crippen LogP contribution in [0.3, 0.4) is 0 Å². The Morgan fingerprint density at radius 2 is 1.94 bits per heavy atom. The Morgan fingerprint density at radius 3 is 2.56 bits per heavy atom. The van der Waals surface area contributed by atoms with E-state index in [9.17, 15) is 0 Å². The maximum absolute atomic E-state index is 6.33. The van der Waals surface area contributed by atoms with Gasteiger partial charge in [-0.1, -0.05) is 76.3 Å². The van der Waals surface area contributed by atoms with Crippen LogP contribution in [0.15, 0.2) is 28.7 Å². The molecule has 0 aliphatic heterocycles. The third kappa shape index (κ3) is 4.49. The molecule has 0 aromatic heterocycles.